The number of hydrogen-bond donors (Lipinski definition) is 1. The number of nitrogens with zero attached hydrogens (tertiary/aromatic N) is 1. The first-order chi connectivity index (χ1) is 9.02. The maximum atomic E-state index is 12.0. The van der Waals surface area contributed by atoms with E-state index < -0.39 is 0 Å². The van der Waals surface area contributed by atoms with Crippen molar-refractivity contribution < 1.29 is 14.1 Å². The zero-order valence-corrected chi connectivity index (χ0v) is 11.5. The number of aromatic nitrogens is 1. The summed E-state index contributed by atoms with van der Waals surface area (Å²) in [6.45, 7) is 3.53. The van der Waals surface area contributed by atoms with Crippen molar-refractivity contribution in [3.63, 3.8) is 0 Å². The van der Waals surface area contributed by atoms with E-state index in [2.05, 4.69) is 10.5 Å². The second-order valence-electron chi connectivity index (χ2n) is 4.02. The van der Waals surface area contributed by atoms with E-state index in [1.807, 2.05) is 0 Å². The fourth-order valence-corrected chi connectivity index (χ4v) is 1.82. The molecule has 1 N–H and O–H groups in total. The molecular weight excluding hydrogens is 268 g/mol. The lowest BCUT2D eigenvalue weighted by Gasteiger charge is -2.07. The maximum Gasteiger partial charge on any atom is 0.278 e. The number of halogens is 1. The zero-order chi connectivity index (χ0) is 14.0. The van der Waals surface area contributed by atoms with Crippen LogP contribution >= 0.6 is 11.6 Å². The molecule has 0 unspecified atom stereocenters. The van der Waals surface area contributed by atoms with Crippen LogP contribution in [0.25, 0.3) is 0 Å². The quantitative estimate of drug-likeness (QED) is 0.938. The van der Waals surface area contributed by atoms with Gasteiger partial charge in [-0.15, -0.1) is 0 Å². The predicted molar refractivity (Wildman–Crippen MR) is 71.9 cm³/mol. The lowest BCUT2D eigenvalue weighted by molar-refractivity contribution is 0.101. The summed E-state index contributed by atoms with van der Waals surface area (Å²) in [6, 6.07) is 4.99. The number of nitrogens with one attached hydrogen (secondary N) is 1. The molecule has 0 aliphatic heterocycles. The third kappa shape index (κ3) is 2.71. The van der Waals surface area contributed by atoms with Crippen LogP contribution in [0, 0.1) is 13.8 Å². The lowest BCUT2D eigenvalue weighted by atomic mass is 10.2. The highest BCUT2D eigenvalue weighted by Crippen LogP contribution is 2.27. The van der Waals surface area contributed by atoms with Crippen LogP contribution < -0.4 is 10.1 Å². The van der Waals surface area contributed by atoms with Gasteiger partial charge in [-0.25, -0.2) is 0 Å². The van der Waals surface area contributed by atoms with E-state index in [4.69, 9.17) is 20.9 Å². The smallest absolute Gasteiger partial charge is 0.278 e. The molecular formula is C13H13ClN2O3. The van der Waals surface area contributed by atoms with Crippen LogP contribution in [0.3, 0.4) is 0 Å². The molecule has 6 heteroatoms. The molecule has 0 atom stereocenters. The minimum Gasteiger partial charge on any atom is -0.495 e. The van der Waals surface area contributed by atoms with Crippen molar-refractivity contribution in [2.24, 2.45) is 0 Å². The minimum absolute atomic E-state index is 0.268. The van der Waals surface area contributed by atoms with Crippen LogP contribution in [0.4, 0.5) is 5.69 Å². The van der Waals surface area contributed by atoms with Crippen LogP contribution in [0.15, 0.2) is 22.7 Å². The van der Waals surface area contributed by atoms with Gasteiger partial charge in [-0.05, 0) is 32.0 Å². The molecule has 0 saturated carbocycles. The zero-order valence-electron chi connectivity index (χ0n) is 10.8. The van der Waals surface area contributed by atoms with Crippen LogP contribution in [-0.2, 0) is 0 Å². The third-order valence-corrected chi connectivity index (χ3v) is 3.08. The fourth-order valence-electron chi connectivity index (χ4n) is 1.56. The average Bonchev–Trinajstić information content (AvgIpc) is 2.70. The summed E-state index contributed by atoms with van der Waals surface area (Å²) in [5, 5.41) is 6.85. The van der Waals surface area contributed by atoms with E-state index in [-0.39, 0.29) is 11.6 Å². The Morgan fingerprint density at radius 3 is 2.68 bits per heavy atom. The van der Waals surface area contributed by atoms with E-state index in [0.717, 1.165) is 5.56 Å². The molecule has 100 valence electrons. The van der Waals surface area contributed by atoms with Crippen molar-refractivity contribution in [3.05, 3.63) is 40.2 Å². The molecule has 1 aromatic carbocycles. The Bertz CT molecular complexity index is 622. The van der Waals surface area contributed by atoms with Gasteiger partial charge in [0.05, 0.1) is 12.1 Å². The van der Waals surface area contributed by atoms with Gasteiger partial charge >= 0.3 is 0 Å². The van der Waals surface area contributed by atoms with Crippen molar-refractivity contribution in [3.8, 4) is 5.75 Å². The molecule has 1 heterocycles. The SMILES string of the molecule is COc1ccc(NC(=O)c2noc(C)c2C)cc1Cl. The standard InChI is InChI=1S/C13H13ClN2O3/c1-7-8(2)19-16-12(7)13(17)15-9-4-5-11(18-3)10(14)6-9/h4-6H,1-3H3,(H,15,17). The average molecular weight is 281 g/mol. The van der Waals surface area contributed by atoms with Crippen LogP contribution in [0.5, 0.6) is 5.75 Å². The van der Waals surface area contributed by atoms with Crippen molar-refractivity contribution in [1.29, 1.82) is 0 Å². The van der Waals surface area contributed by atoms with Gasteiger partial charge in [-0.2, -0.15) is 0 Å². The molecule has 2 aromatic rings. The van der Waals surface area contributed by atoms with Gasteiger partial charge in [0.1, 0.15) is 11.5 Å². The third-order valence-electron chi connectivity index (χ3n) is 2.78. The van der Waals surface area contributed by atoms with E-state index in [0.29, 0.717) is 22.2 Å². The van der Waals surface area contributed by atoms with Crippen LogP contribution in [0.2, 0.25) is 5.02 Å². The van der Waals surface area contributed by atoms with E-state index in [1.165, 1.54) is 7.11 Å². The molecule has 5 nitrogen and oxygen atoms in total. The number of anilines is 1. The molecule has 19 heavy (non-hydrogen) atoms. The molecule has 2 rings (SSSR count). The Hall–Kier alpha value is -2.01. The first kappa shape index (κ1) is 13.4. The number of benzene rings is 1. The Balaban J connectivity index is 2.19. The highest BCUT2D eigenvalue weighted by atomic mass is 35.5. The molecule has 1 amide bonds. The number of hydrogen-bond acceptors (Lipinski definition) is 4. The summed E-state index contributed by atoms with van der Waals surface area (Å²) < 4.78 is 10.00. The van der Waals surface area contributed by atoms with Gasteiger partial charge in [0.2, 0.25) is 0 Å². The Kier molecular flexibility index (Phi) is 3.76. The predicted octanol–water partition coefficient (Wildman–Crippen LogP) is 3.21. The van der Waals surface area contributed by atoms with Gasteiger partial charge in [0, 0.05) is 11.3 Å². The Labute approximate surface area is 115 Å². The number of aryl methyl sites for hydroxylation is 1. The largest absolute Gasteiger partial charge is 0.495 e. The Morgan fingerprint density at radius 1 is 1.42 bits per heavy atom. The minimum atomic E-state index is -0.337. The van der Waals surface area contributed by atoms with Crippen molar-refractivity contribution >= 4 is 23.2 Å². The van der Waals surface area contributed by atoms with Gasteiger partial charge in [-0.1, -0.05) is 16.8 Å². The van der Waals surface area contributed by atoms with Crippen molar-refractivity contribution in [2.75, 3.05) is 12.4 Å². The Morgan fingerprint density at radius 2 is 2.16 bits per heavy atom. The summed E-state index contributed by atoms with van der Waals surface area (Å²) in [7, 11) is 1.53. The molecule has 0 radical (unpaired) electrons. The van der Waals surface area contributed by atoms with Gasteiger partial charge in [-0.3, -0.25) is 4.79 Å². The molecule has 1 aromatic heterocycles. The fraction of sp³-hybridized carbons (Fsp3) is 0.231. The number of ether oxygens (including phenoxy) is 1. The van der Waals surface area contributed by atoms with E-state index in [9.17, 15) is 4.79 Å². The summed E-state index contributed by atoms with van der Waals surface area (Å²) in [5.41, 5.74) is 1.55. The van der Waals surface area contributed by atoms with Crippen LogP contribution in [0.1, 0.15) is 21.8 Å². The lowest BCUT2D eigenvalue weighted by Crippen LogP contribution is -2.13. The monoisotopic (exact) mass is 280 g/mol. The normalized spacial score (nSPS) is 10.3. The number of rotatable bonds is 3. The number of methoxy groups -OCH3 is 1. The molecule has 0 bridgehead atoms. The van der Waals surface area contributed by atoms with E-state index >= 15 is 0 Å². The number of carbonyl (C=O) groups excluding carboxylic acids is 1. The summed E-state index contributed by atoms with van der Waals surface area (Å²) in [4.78, 5) is 12.0. The highest BCUT2D eigenvalue weighted by molar-refractivity contribution is 6.32. The molecule has 0 saturated heterocycles. The molecule has 0 fully saturated rings. The van der Waals surface area contributed by atoms with E-state index in [1.54, 1.807) is 32.0 Å². The van der Waals surface area contributed by atoms with Gasteiger partial charge < -0.3 is 14.6 Å². The number of amides is 1. The topological polar surface area (TPSA) is 64.4 Å². The van der Waals surface area contributed by atoms with Gasteiger partial charge in [0.25, 0.3) is 5.91 Å². The molecule has 0 spiro atoms. The summed E-state index contributed by atoms with van der Waals surface area (Å²) >= 11 is 5.98. The highest BCUT2D eigenvalue weighted by Gasteiger charge is 2.16. The molecule has 0 aliphatic carbocycles. The van der Waals surface area contributed by atoms with Crippen molar-refractivity contribution in [1.82, 2.24) is 5.16 Å². The van der Waals surface area contributed by atoms with Crippen LogP contribution in [-0.4, -0.2) is 18.2 Å². The second-order valence-corrected chi connectivity index (χ2v) is 4.42. The number of carbonyl (C=O) groups is 1. The summed E-state index contributed by atoms with van der Waals surface area (Å²) in [5.74, 6) is 0.835. The molecule has 0 aliphatic rings. The summed E-state index contributed by atoms with van der Waals surface area (Å²) in [6.07, 6.45) is 0. The second kappa shape index (κ2) is 5.32. The van der Waals surface area contributed by atoms with Gasteiger partial charge in [0.15, 0.2) is 5.69 Å². The maximum absolute atomic E-state index is 12.0. The first-order valence-electron chi connectivity index (χ1n) is 5.60. The van der Waals surface area contributed by atoms with Crippen molar-refractivity contribution in [2.45, 2.75) is 13.8 Å². The first-order valence-corrected chi connectivity index (χ1v) is 5.98.